The second kappa shape index (κ2) is 11.3. The molecule has 0 aliphatic rings. The first-order valence-electron chi connectivity index (χ1n) is 11.3. The van der Waals surface area contributed by atoms with Gasteiger partial charge in [0.1, 0.15) is 17.8 Å². The van der Waals surface area contributed by atoms with E-state index in [0.717, 1.165) is 24.7 Å². The monoisotopic (exact) mass is 529 g/mol. The van der Waals surface area contributed by atoms with E-state index in [1.165, 1.54) is 30.5 Å². The van der Waals surface area contributed by atoms with Gasteiger partial charge in [-0.25, -0.2) is 9.18 Å². The highest BCUT2D eigenvalue weighted by molar-refractivity contribution is 5.99. The number of amides is 2. The smallest absolute Gasteiger partial charge is 0.416 e. The number of hydrogen-bond acceptors (Lipinski definition) is 6. The van der Waals surface area contributed by atoms with E-state index in [1.54, 1.807) is 18.5 Å². The highest BCUT2D eigenvalue weighted by Crippen LogP contribution is 2.31. The van der Waals surface area contributed by atoms with Gasteiger partial charge in [-0.05, 0) is 50.5 Å². The third kappa shape index (κ3) is 6.82. The number of halogens is 4. The van der Waals surface area contributed by atoms with E-state index in [9.17, 15) is 22.4 Å². The Hall–Kier alpha value is -4.52. The summed E-state index contributed by atoms with van der Waals surface area (Å²) in [5, 5.41) is 12.7. The molecule has 2 aromatic heterocycles. The van der Waals surface area contributed by atoms with E-state index in [-0.39, 0.29) is 17.1 Å². The minimum absolute atomic E-state index is 0.0659. The molecule has 198 valence electrons. The Morgan fingerprint density at radius 3 is 2.53 bits per heavy atom. The summed E-state index contributed by atoms with van der Waals surface area (Å²) in [7, 11) is 3.91. The third-order valence-electron chi connectivity index (χ3n) is 5.23. The largest absolute Gasteiger partial charge is 0.454 e. The summed E-state index contributed by atoms with van der Waals surface area (Å²) in [6.45, 7) is 1.41. The van der Waals surface area contributed by atoms with Crippen LogP contribution in [0.2, 0.25) is 0 Å². The second-order valence-electron chi connectivity index (χ2n) is 8.43. The normalized spacial score (nSPS) is 11.4. The number of pyridine rings is 1. The third-order valence-corrected chi connectivity index (χ3v) is 5.23. The molecule has 38 heavy (non-hydrogen) atoms. The number of ether oxygens (including phenoxy) is 1. The summed E-state index contributed by atoms with van der Waals surface area (Å²) >= 11 is 0. The van der Waals surface area contributed by atoms with Crippen LogP contribution >= 0.6 is 0 Å². The SMILES string of the molecule is CN(C)CCn1cnnc1-c1cc(Oc2ccc(NC(=O)Nc3cccc(C(F)(F)F)c3)cc2F)ccn1. The summed E-state index contributed by atoms with van der Waals surface area (Å²) in [4.78, 5) is 18.5. The van der Waals surface area contributed by atoms with Gasteiger partial charge in [0, 0.05) is 42.8 Å². The lowest BCUT2D eigenvalue weighted by Crippen LogP contribution is -2.20. The Morgan fingerprint density at radius 1 is 1.05 bits per heavy atom. The van der Waals surface area contributed by atoms with E-state index < -0.39 is 23.6 Å². The van der Waals surface area contributed by atoms with Crippen LogP contribution in [-0.2, 0) is 12.7 Å². The molecule has 0 aliphatic heterocycles. The van der Waals surface area contributed by atoms with Gasteiger partial charge in [0.05, 0.1) is 5.56 Å². The molecule has 0 unspecified atom stereocenters. The molecule has 13 heteroatoms. The maximum Gasteiger partial charge on any atom is 0.416 e. The molecule has 4 aromatic rings. The van der Waals surface area contributed by atoms with Crippen LogP contribution in [-0.4, -0.2) is 51.3 Å². The van der Waals surface area contributed by atoms with Crippen LogP contribution in [0.1, 0.15) is 5.56 Å². The lowest BCUT2D eigenvalue weighted by Gasteiger charge is -2.13. The summed E-state index contributed by atoms with van der Waals surface area (Å²) in [6.07, 6.45) is -1.45. The number of rotatable bonds is 8. The number of nitrogens with one attached hydrogen (secondary N) is 2. The average Bonchev–Trinajstić information content (AvgIpc) is 3.33. The molecule has 9 nitrogen and oxygen atoms in total. The molecule has 0 atom stereocenters. The lowest BCUT2D eigenvalue weighted by atomic mass is 10.2. The molecule has 0 radical (unpaired) electrons. The number of alkyl halides is 3. The molecule has 2 aromatic carbocycles. The maximum atomic E-state index is 14.7. The first-order chi connectivity index (χ1) is 18.1. The van der Waals surface area contributed by atoms with E-state index in [0.29, 0.717) is 23.8 Å². The standard InChI is InChI=1S/C25H23F4N7O2/c1-35(2)10-11-36-15-31-34-23(36)21-14-19(8-9-30-21)38-22-7-6-18(13-20(22)26)33-24(37)32-17-5-3-4-16(12-17)25(27,28)29/h3-9,12-15H,10-11H2,1-2H3,(H2,32,33,37). The Kier molecular flexibility index (Phi) is 7.86. The van der Waals surface area contributed by atoms with Crippen LogP contribution in [0.4, 0.5) is 33.7 Å². The Bertz CT molecular complexity index is 1420. The Labute approximate surface area is 215 Å². The quantitative estimate of drug-likeness (QED) is 0.293. The van der Waals surface area contributed by atoms with Gasteiger partial charge >= 0.3 is 12.2 Å². The number of urea groups is 1. The minimum atomic E-state index is -4.55. The number of likely N-dealkylation sites (N-methyl/N-ethyl adjacent to an activating group) is 1. The number of carbonyl (C=O) groups is 1. The Balaban J connectivity index is 1.42. The zero-order valence-electron chi connectivity index (χ0n) is 20.3. The van der Waals surface area contributed by atoms with Crippen molar-refractivity contribution >= 4 is 17.4 Å². The summed E-state index contributed by atoms with van der Waals surface area (Å²) in [5.74, 6) is -0.0439. The number of anilines is 2. The van der Waals surface area contributed by atoms with Crippen molar-refractivity contribution < 1.29 is 27.1 Å². The number of aromatic nitrogens is 4. The predicted octanol–water partition coefficient (Wildman–Crippen LogP) is 5.50. The van der Waals surface area contributed by atoms with Gasteiger partial charge in [0.15, 0.2) is 17.4 Å². The zero-order valence-corrected chi connectivity index (χ0v) is 20.3. The molecule has 2 heterocycles. The van der Waals surface area contributed by atoms with Crippen LogP contribution in [0.15, 0.2) is 67.1 Å². The molecule has 2 N–H and O–H groups in total. The van der Waals surface area contributed by atoms with Crippen molar-refractivity contribution in [3.63, 3.8) is 0 Å². The van der Waals surface area contributed by atoms with Crippen molar-refractivity contribution in [2.24, 2.45) is 0 Å². The fourth-order valence-electron chi connectivity index (χ4n) is 3.38. The highest BCUT2D eigenvalue weighted by atomic mass is 19.4. The zero-order chi connectivity index (χ0) is 27.3. The van der Waals surface area contributed by atoms with Gasteiger partial charge in [-0.1, -0.05) is 6.07 Å². The summed E-state index contributed by atoms with van der Waals surface area (Å²) in [5.41, 5.74) is -0.410. The van der Waals surface area contributed by atoms with Crippen molar-refractivity contribution in [3.8, 4) is 23.0 Å². The van der Waals surface area contributed by atoms with Crippen molar-refractivity contribution in [1.29, 1.82) is 0 Å². The molecule has 0 aliphatic carbocycles. The molecular formula is C25H23F4N7O2. The van der Waals surface area contributed by atoms with Gasteiger partial charge in [0.2, 0.25) is 0 Å². The van der Waals surface area contributed by atoms with E-state index >= 15 is 0 Å². The van der Waals surface area contributed by atoms with Crippen LogP contribution in [0, 0.1) is 5.82 Å². The Morgan fingerprint density at radius 2 is 1.82 bits per heavy atom. The van der Waals surface area contributed by atoms with E-state index in [1.807, 2.05) is 23.6 Å². The van der Waals surface area contributed by atoms with Gasteiger partial charge in [-0.3, -0.25) is 4.98 Å². The van der Waals surface area contributed by atoms with Gasteiger partial charge in [0.25, 0.3) is 0 Å². The van der Waals surface area contributed by atoms with E-state index in [2.05, 4.69) is 25.8 Å². The average molecular weight is 529 g/mol. The van der Waals surface area contributed by atoms with Crippen molar-refractivity contribution in [2.45, 2.75) is 12.7 Å². The topological polar surface area (TPSA) is 97.2 Å². The molecule has 0 spiro atoms. The number of hydrogen-bond donors (Lipinski definition) is 2. The van der Waals surface area contributed by atoms with Crippen LogP contribution in [0.25, 0.3) is 11.5 Å². The number of carbonyl (C=O) groups excluding carboxylic acids is 1. The van der Waals surface area contributed by atoms with Gasteiger partial charge < -0.3 is 24.8 Å². The number of benzene rings is 2. The predicted molar refractivity (Wildman–Crippen MR) is 132 cm³/mol. The van der Waals surface area contributed by atoms with Gasteiger partial charge in [-0.2, -0.15) is 13.2 Å². The second-order valence-corrected chi connectivity index (χ2v) is 8.43. The number of nitrogens with zero attached hydrogens (tertiary/aromatic N) is 5. The molecule has 0 saturated carbocycles. The molecule has 2 amide bonds. The van der Waals surface area contributed by atoms with Crippen LogP contribution in [0.3, 0.4) is 0 Å². The lowest BCUT2D eigenvalue weighted by molar-refractivity contribution is -0.137. The van der Waals surface area contributed by atoms with Crippen molar-refractivity contribution in [1.82, 2.24) is 24.6 Å². The van der Waals surface area contributed by atoms with Crippen LogP contribution < -0.4 is 15.4 Å². The first kappa shape index (κ1) is 26.5. The molecule has 0 fully saturated rings. The molecule has 4 rings (SSSR count). The van der Waals surface area contributed by atoms with Crippen molar-refractivity contribution in [2.75, 3.05) is 31.3 Å². The van der Waals surface area contributed by atoms with Crippen LogP contribution in [0.5, 0.6) is 11.5 Å². The highest BCUT2D eigenvalue weighted by Gasteiger charge is 2.30. The minimum Gasteiger partial charge on any atom is -0.454 e. The summed E-state index contributed by atoms with van der Waals surface area (Å²) in [6, 6.07) is 10.2. The van der Waals surface area contributed by atoms with Crippen molar-refractivity contribution in [3.05, 3.63) is 78.5 Å². The molecule has 0 saturated heterocycles. The fourth-order valence-corrected chi connectivity index (χ4v) is 3.38. The van der Waals surface area contributed by atoms with Gasteiger partial charge in [-0.15, -0.1) is 10.2 Å². The molecular weight excluding hydrogens is 506 g/mol. The first-order valence-corrected chi connectivity index (χ1v) is 11.3. The maximum absolute atomic E-state index is 14.7. The molecule has 0 bridgehead atoms. The van der Waals surface area contributed by atoms with E-state index in [4.69, 9.17) is 4.74 Å². The fraction of sp³-hybridized carbons (Fsp3) is 0.200. The summed E-state index contributed by atoms with van der Waals surface area (Å²) < 4.78 is 60.9.